The molecule has 0 radical (unpaired) electrons. The summed E-state index contributed by atoms with van der Waals surface area (Å²) in [6.45, 7) is 1.23. The predicted octanol–water partition coefficient (Wildman–Crippen LogP) is 1.68. The van der Waals surface area contributed by atoms with Crippen LogP contribution in [0.4, 0.5) is 0 Å². The van der Waals surface area contributed by atoms with Crippen molar-refractivity contribution < 1.29 is 14.2 Å². The van der Waals surface area contributed by atoms with Gasteiger partial charge in [-0.3, -0.25) is 0 Å². The molecule has 92 valence electrons. The van der Waals surface area contributed by atoms with Crippen LogP contribution in [-0.4, -0.2) is 39.4 Å². The highest BCUT2D eigenvalue weighted by atomic mass is 16.5. The Bertz CT molecular complexity index is 403. The van der Waals surface area contributed by atoms with Crippen molar-refractivity contribution in [2.45, 2.75) is 12.5 Å². The molecule has 0 unspecified atom stereocenters. The van der Waals surface area contributed by atoms with Crippen LogP contribution in [0.1, 0.15) is 5.56 Å². The van der Waals surface area contributed by atoms with Crippen molar-refractivity contribution in [1.82, 2.24) is 0 Å². The van der Waals surface area contributed by atoms with E-state index in [1.165, 1.54) is 0 Å². The van der Waals surface area contributed by atoms with Crippen molar-refractivity contribution in [3.05, 3.63) is 29.8 Å². The Labute approximate surface area is 101 Å². The molecule has 1 aliphatic heterocycles. The maximum absolute atomic E-state index is 5.52. The van der Waals surface area contributed by atoms with E-state index in [1.54, 1.807) is 14.2 Å². The molecule has 1 atom stereocenters. The van der Waals surface area contributed by atoms with Crippen molar-refractivity contribution in [1.29, 1.82) is 0 Å². The number of nitrogens with zero attached hydrogens (tertiary/aromatic N) is 1. The fraction of sp³-hybridized carbons (Fsp3) is 0.462. The van der Waals surface area contributed by atoms with Gasteiger partial charge < -0.3 is 14.2 Å². The standard InChI is InChI=1S/C13H17NO3/c1-15-8-11-9-17-13(14-11)7-10-4-3-5-12(6-10)16-2/h3-6,11H,7-9H2,1-2H3/t11-/m1/s1. The van der Waals surface area contributed by atoms with Gasteiger partial charge in [0.15, 0.2) is 5.90 Å². The van der Waals surface area contributed by atoms with Gasteiger partial charge in [0.25, 0.3) is 0 Å². The Morgan fingerprint density at radius 1 is 1.41 bits per heavy atom. The van der Waals surface area contributed by atoms with Gasteiger partial charge in [0.05, 0.1) is 13.7 Å². The van der Waals surface area contributed by atoms with Gasteiger partial charge >= 0.3 is 0 Å². The Morgan fingerprint density at radius 3 is 3.06 bits per heavy atom. The van der Waals surface area contributed by atoms with Gasteiger partial charge in [-0.2, -0.15) is 0 Å². The van der Waals surface area contributed by atoms with E-state index in [0.29, 0.717) is 19.6 Å². The van der Waals surface area contributed by atoms with Crippen molar-refractivity contribution in [3.63, 3.8) is 0 Å². The van der Waals surface area contributed by atoms with Gasteiger partial charge in [0, 0.05) is 13.5 Å². The van der Waals surface area contributed by atoms with Crippen LogP contribution in [0.2, 0.25) is 0 Å². The summed E-state index contributed by atoms with van der Waals surface area (Å²) >= 11 is 0. The Morgan fingerprint density at radius 2 is 2.29 bits per heavy atom. The van der Waals surface area contributed by atoms with Gasteiger partial charge in [0.2, 0.25) is 0 Å². The maximum Gasteiger partial charge on any atom is 0.188 e. The second-order valence-electron chi connectivity index (χ2n) is 3.97. The fourth-order valence-corrected chi connectivity index (χ4v) is 1.80. The second kappa shape index (κ2) is 5.68. The van der Waals surface area contributed by atoms with Crippen LogP contribution in [0.25, 0.3) is 0 Å². The zero-order valence-electron chi connectivity index (χ0n) is 10.2. The van der Waals surface area contributed by atoms with Gasteiger partial charge in [-0.05, 0) is 17.7 Å². The summed E-state index contributed by atoms with van der Waals surface area (Å²) in [6, 6.07) is 8.07. The van der Waals surface area contributed by atoms with E-state index in [0.717, 1.165) is 17.2 Å². The van der Waals surface area contributed by atoms with E-state index in [1.807, 2.05) is 24.3 Å². The zero-order valence-corrected chi connectivity index (χ0v) is 10.2. The molecule has 0 fully saturated rings. The lowest BCUT2D eigenvalue weighted by Gasteiger charge is -2.04. The summed E-state index contributed by atoms with van der Waals surface area (Å²) in [5, 5.41) is 0. The van der Waals surface area contributed by atoms with E-state index < -0.39 is 0 Å². The number of hydrogen-bond donors (Lipinski definition) is 0. The topological polar surface area (TPSA) is 40.0 Å². The highest BCUT2D eigenvalue weighted by Gasteiger charge is 2.18. The summed E-state index contributed by atoms with van der Waals surface area (Å²) in [6.07, 6.45) is 0.706. The molecule has 0 amide bonds. The lowest BCUT2D eigenvalue weighted by molar-refractivity contribution is 0.164. The monoisotopic (exact) mass is 235 g/mol. The number of rotatable bonds is 5. The molecular weight excluding hydrogens is 218 g/mol. The molecule has 0 bridgehead atoms. The minimum absolute atomic E-state index is 0.139. The van der Waals surface area contributed by atoms with Gasteiger partial charge in [-0.15, -0.1) is 0 Å². The molecule has 0 saturated carbocycles. The van der Waals surface area contributed by atoms with E-state index in [4.69, 9.17) is 14.2 Å². The number of benzene rings is 1. The first-order chi connectivity index (χ1) is 8.31. The number of methoxy groups -OCH3 is 2. The van der Waals surface area contributed by atoms with Gasteiger partial charge in [0.1, 0.15) is 18.4 Å². The van der Waals surface area contributed by atoms with Crippen LogP contribution in [0.3, 0.4) is 0 Å². The second-order valence-corrected chi connectivity index (χ2v) is 3.97. The molecule has 4 heteroatoms. The lowest BCUT2D eigenvalue weighted by atomic mass is 10.1. The van der Waals surface area contributed by atoms with Crippen LogP contribution in [0.5, 0.6) is 5.75 Å². The Balaban J connectivity index is 1.99. The molecule has 2 rings (SSSR count). The van der Waals surface area contributed by atoms with Crippen LogP contribution < -0.4 is 4.74 Å². The third kappa shape index (κ3) is 3.20. The van der Waals surface area contributed by atoms with Gasteiger partial charge in [-0.25, -0.2) is 4.99 Å². The van der Waals surface area contributed by atoms with Crippen molar-refractivity contribution in [2.75, 3.05) is 27.4 Å². The summed E-state index contributed by atoms with van der Waals surface area (Å²) in [7, 11) is 3.34. The molecule has 0 spiro atoms. The Hall–Kier alpha value is -1.55. The molecule has 4 nitrogen and oxygen atoms in total. The molecule has 0 aliphatic carbocycles. The molecule has 17 heavy (non-hydrogen) atoms. The highest BCUT2D eigenvalue weighted by Crippen LogP contribution is 2.15. The number of ether oxygens (including phenoxy) is 3. The van der Waals surface area contributed by atoms with Crippen molar-refractivity contribution in [3.8, 4) is 5.75 Å². The first-order valence-corrected chi connectivity index (χ1v) is 5.63. The van der Waals surface area contributed by atoms with E-state index in [2.05, 4.69) is 4.99 Å². The van der Waals surface area contributed by atoms with Crippen molar-refractivity contribution >= 4 is 5.90 Å². The molecule has 0 N–H and O–H groups in total. The highest BCUT2D eigenvalue weighted by molar-refractivity contribution is 5.80. The van der Waals surface area contributed by atoms with Crippen LogP contribution in [0.15, 0.2) is 29.3 Å². The van der Waals surface area contributed by atoms with E-state index in [-0.39, 0.29) is 6.04 Å². The third-order valence-electron chi connectivity index (χ3n) is 2.62. The minimum Gasteiger partial charge on any atom is -0.497 e. The summed E-state index contributed by atoms with van der Waals surface area (Å²) < 4.78 is 15.8. The molecule has 1 aliphatic rings. The molecule has 1 aromatic rings. The Kier molecular flexibility index (Phi) is 3.98. The quantitative estimate of drug-likeness (QED) is 0.779. The van der Waals surface area contributed by atoms with Crippen LogP contribution in [-0.2, 0) is 15.9 Å². The predicted molar refractivity (Wildman–Crippen MR) is 65.7 cm³/mol. The summed E-state index contributed by atoms with van der Waals surface area (Å²) in [5.74, 6) is 1.63. The van der Waals surface area contributed by atoms with E-state index >= 15 is 0 Å². The van der Waals surface area contributed by atoms with E-state index in [9.17, 15) is 0 Å². The number of aliphatic imine (C=N–C) groups is 1. The molecule has 0 aromatic heterocycles. The number of hydrogen-bond acceptors (Lipinski definition) is 4. The van der Waals surface area contributed by atoms with Crippen LogP contribution in [0, 0.1) is 0 Å². The molecule has 1 heterocycles. The smallest absolute Gasteiger partial charge is 0.188 e. The van der Waals surface area contributed by atoms with Gasteiger partial charge in [-0.1, -0.05) is 12.1 Å². The largest absolute Gasteiger partial charge is 0.497 e. The summed E-state index contributed by atoms with van der Waals surface area (Å²) in [5.41, 5.74) is 1.14. The van der Waals surface area contributed by atoms with Crippen molar-refractivity contribution in [2.24, 2.45) is 4.99 Å². The minimum atomic E-state index is 0.139. The molecular formula is C13H17NO3. The lowest BCUT2D eigenvalue weighted by Crippen LogP contribution is -2.12. The third-order valence-corrected chi connectivity index (χ3v) is 2.62. The molecule has 1 aromatic carbocycles. The van der Waals surface area contributed by atoms with Crippen LogP contribution >= 0.6 is 0 Å². The normalized spacial score (nSPS) is 18.7. The SMILES string of the molecule is COC[C@@H]1COC(Cc2cccc(OC)c2)=N1. The first-order valence-electron chi connectivity index (χ1n) is 5.63. The first kappa shape index (κ1) is 11.9. The average molecular weight is 235 g/mol. The maximum atomic E-state index is 5.52. The molecule has 0 saturated heterocycles. The zero-order chi connectivity index (χ0) is 12.1. The fourth-order valence-electron chi connectivity index (χ4n) is 1.80. The average Bonchev–Trinajstić information content (AvgIpc) is 2.77. The summed E-state index contributed by atoms with van der Waals surface area (Å²) in [4.78, 5) is 4.46.